The van der Waals surface area contributed by atoms with Crippen molar-refractivity contribution < 1.29 is 23.4 Å². The van der Waals surface area contributed by atoms with Crippen LogP contribution in [0.15, 0.2) is 18.2 Å². The van der Waals surface area contributed by atoms with Crippen LogP contribution in [0.2, 0.25) is 0 Å². The zero-order valence-electron chi connectivity index (χ0n) is 11.5. The number of rotatable bonds is 5. The van der Waals surface area contributed by atoms with E-state index in [1.165, 1.54) is 6.07 Å². The summed E-state index contributed by atoms with van der Waals surface area (Å²) < 4.78 is 31.0. The van der Waals surface area contributed by atoms with E-state index in [9.17, 15) is 18.7 Å². The third kappa shape index (κ3) is 4.73. The van der Waals surface area contributed by atoms with Crippen LogP contribution in [0.4, 0.5) is 8.78 Å². The summed E-state index contributed by atoms with van der Waals surface area (Å²) in [5.74, 6) is -2.62. The second-order valence-electron chi connectivity index (χ2n) is 4.91. The van der Waals surface area contributed by atoms with Crippen LogP contribution in [0, 0.1) is 11.6 Å². The zero-order chi connectivity index (χ0) is 15.2. The molecule has 1 fully saturated rings. The van der Waals surface area contributed by atoms with Gasteiger partial charge < -0.3 is 15.2 Å². The van der Waals surface area contributed by atoms with Crippen molar-refractivity contribution in [3.05, 3.63) is 35.4 Å². The number of β-amino-alcohol motifs (C(OH)–C–C–N with tert-alkyl or cyclic N) is 1. The molecule has 0 radical (unpaired) electrons. The van der Waals surface area contributed by atoms with E-state index in [4.69, 9.17) is 4.74 Å². The fraction of sp³-hybridized carbons (Fsp3) is 0.500. The van der Waals surface area contributed by atoms with Crippen molar-refractivity contribution >= 4 is 5.91 Å². The molecule has 116 valence electrons. The van der Waals surface area contributed by atoms with Crippen molar-refractivity contribution in [2.75, 3.05) is 39.4 Å². The lowest BCUT2D eigenvalue weighted by Gasteiger charge is -2.28. The standard InChI is InChI=1S/C14H18F2N2O3/c15-12-2-1-10(7-13(12)16)14(20)17-8-11(19)9-18-3-5-21-6-4-18/h1-2,7,11,19H,3-6,8-9H2,(H,17,20). The first-order valence-electron chi connectivity index (χ1n) is 6.77. The largest absolute Gasteiger partial charge is 0.390 e. The maximum atomic E-state index is 13.0. The van der Waals surface area contributed by atoms with Crippen molar-refractivity contribution in [1.29, 1.82) is 0 Å². The van der Waals surface area contributed by atoms with E-state index in [-0.39, 0.29) is 12.1 Å². The van der Waals surface area contributed by atoms with Crippen LogP contribution in [0.1, 0.15) is 10.4 Å². The highest BCUT2D eigenvalue weighted by Crippen LogP contribution is 2.08. The molecule has 1 unspecified atom stereocenters. The summed E-state index contributed by atoms with van der Waals surface area (Å²) in [5, 5.41) is 12.4. The Morgan fingerprint density at radius 3 is 2.71 bits per heavy atom. The van der Waals surface area contributed by atoms with Crippen molar-refractivity contribution in [3.63, 3.8) is 0 Å². The molecule has 0 aliphatic carbocycles. The number of aliphatic hydroxyl groups excluding tert-OH is 1. The van der Waals surface area contributed by atoms with Gasteiger partial charge in [0.15, 0.2) is 11.6 Å². The Hall–Kier alpha value is -1.57. The molecule has 1 aliphatic rings. The molecular formula is C14H18F2N2O3. The number of aliphatic hydroxyl groups is 1. The highest BCUT2D eigenvalue weighted by atomic mass is 19.2. The Morgan fingerprint density at radius 2 is 2.05 bits per heavy atom. The number of benzene rings is 1. The average Bonchev–Trinajstić information content (AvgIpc) is 2.48. The Labute approximate surface area is 121 Å². The summed E-state index contributed by atoms with van der Waals surface area (Å²) in [6.07, 6.45) is -0.725. The highest BCUT2D eigenvalue weighted by Gasteiger charge is 2.16. The number of carbonyl (C=O) groups excluding carboxylic acids is 1. The number of nitrogens with one attached hydrogen (secondary N) is 1. The lowest BCUT2D eigenvalue weighted by Crippen LogP contribution is -2.44. The molecule has 21 heavy (non-hydrogen) atoms. The molecule has 1 atom stereocenters. The molecule has 2 N–H and O–H groups in total. The molecule has 1 amide bonds. The van der Waals surface area contributed by atoms with Gasteiger partial charge in [0.25, 0.3) is 5.91 Å². The van der Waals surface area contributed by atoms with Gasteiger partial charge in [0.1, 0.15) is 0 Å². The molecule has 1 aliphatic heterocycles. The van der Waals surface area contributed by atoms with E-state index in [0.29, 0.717) is 19.8 Å². The summed E-state index contributed by atoms with van der Waals surface area (Å²) in [6.45, 7) is 3.24. The topological polar surface area (TPSA) is 61.8 Å². The predicted molar refractivity (Wildman–Crippen MR) is 72.0 cm³/mol. The molecule has 0 spiro atoms. The first kappa shape index (κ1) is 15.8. The minimum Gasteiger partial charge on any atom is -0.390 e. The summed E-state index contributed by atoms with van der Waals surface area (Å²) in [5.41, 5.74) is 0.0208. The van der Waals surface area contributed by atoms with Gasteiger partial charge in [0.2, 0.25) is 0 Å². The van der Waals surface area contributed by atoms with Crippen molar-refractivity contribution in [2.24, 2.45) is 0 Å². The summed E-state index contributed by atoms with van der Waals surface area (Å²) in [4.78, 5) is 13.8. The average molecular weight is 300 g/mol. The third-order valence-electron chi connectivity index (χ3n) is 3.25. The normalized spacial score (nSPS) is 17.5. The van der Waals surface area contributed by atoms with E-state index in [2.05, 4.69) is 5.32 Å². The fourth-order valence-corrected chi connectivity index (χ4v) is 2.10. The van der Waals surface area contributed by atoms with Gasteiger partial charge in [0.05, 0.1) is 19.3 Å². The molecule has 1 heterocycles. The lowest BCUT2D eigenvalue weighted by atomic mass is 10.2. The number of ether oxygens (including phenoxy) is 1. The summed E-state index contributed by atoms with van der Waals surface area (Å²) >= 11 is 0. The van der Waals surface area contributed by atoms with Crippen molar-refractivity contribution in [3.8, 4) is 0 Å². The van der Waals surface area contributed by atoms with Gasteiger partial charge in [-0.05, 0) is 18.2 Å². The van der Waals surface area contributed by atoms with Crippen LogP contribution in [-0.2, 0) is 4.74 Å². The Balaban J connectivity index is 1.78. The van der Waals surface area contributed by atoms with Gasteiger partial charge in [-0.1, -0.05) is 0 Å². The molecule has 5 nitrogen and oxygen atoms in total. The lowest BCUT2D eigenvalue weighted by molar-refractivity contribution is 0.0149. The first-order chi connectivity index (χ1) is 10.1. The second-order valence-corrected chi connectivity index (χ2v) is 4.91. The number of nitrogens with zero attached hydrogens (tertiary/aromatic N) is 1. The number of halogens is 2. The number of hydrogen-bond acceptors (Lipinski definition) is 4. The molecule has 1 aromatic carbocycles. The maximum absolute atomic E-state index is 13.0. The molecule has 7 heteroatoms. The summed E-state index contributed by atoms with van der Waals surface area (Å²) in [7, 11) is 0. The Kier molecular flexibility index (Phi) is 5.60. The number of morpholine rings is 1. The van der Waals surface area contributed by atoms with Gasteiger partial charge >= 0.3 is 0 Å². The predicted octanol–water partition coefficient (Wildman–Crippen LogP) is 0.388. The van der Waals surface area contributed by atoms with E-state index >= 15 is 0 Å². The van der Waals surface area contributed by atoms with Gasteiger partial charge in [-0.3, -0.25) is 9.69 Å². The molecule has 0 aromatic heterocycles. The maximum Gasteiger partial charge on any atom is 0.251 e. The fourth-order valence-electron chi connectivity index (χ4n) is 2.10. The monoisotopic (exact) mass is 300 g/mol. The van der Waals surface area contributed by atoms with E-state index in [1.807, 2.05) is 4.90 Å². The second kappa shape index (κ2) is 7.44. The minimum absolute atomic E-state index is 0.0208. The van der Waals surface area contributed by atoms with Crippen LogP contribution in [0.3, 0.4) is 0 Å². The Bertz CT molecular complexity index is 493. The smallest absolute Gasteiger partial charge is 0.251 e. The molecule has 1 saturated heterocycles. The molecule has 1 aromatic rings. The van der Waals surface area contributed by atoms with Crippen LogP contribution >= 0.6 is 0 Å². The highest BCUT2D eigenvalue weighted by molar-refractivity contribution is 5.94. The van der Waals surface area contributed by atoms with Gasteiger partial charge in [-0.25, -0.2) is 8.78 Å². The van der Waals surface area contributed by atoms with Gasteiger partial charge in [-0.15, -0.1) is 0 Å². The molecule has 2 rings (SSSR count). The number of carbonyl (C=O) groups is 1. The third-order valence-corrected chi connectivity index (χ3v) is 3.25. The van der Waals surface area contributed by atoms with E-state index in [1.54, 1.807) is 0 Å². The molecule has 0 saturated carbocycles. The quantitative estimate of drug-likeness (QED) is 0.826. The van der Waals surface area contributed by atoms with E-state index < -0.39 is 23.6 Å². The number of amides is 1. The van der Waals surface area contributed by atoms with E-state index in [0.717, 1.165) is 25.2 Å². The number of hydrogen-bond donors (Lipinski definition) is 2. The Morgan fingerprint density at radius 1 is 1.33 bits per heavy atom. The van der Waals surface area contributed by atoms with Crippen LogP contribution < -0.4 is 5.32 Å². The van der Waals surface area contributed by atoms with Gasteiger partial charge in [-0.2, -0.15) is 0 Å². The zero-order valence-corrected chi connectivity index (χ0v) is 11.5. The van der Waals surface area contributed by atoms with Crippen LogP contribution in [0.5, 0.6) is 0 Å². The SMILES string of the molecule is O=C(NCC(O)CN1CCOCC1)c1ccc(F)c(F)c1. The van der Waals surface area contributed by atoms with Gasteiger partial charge in [0, 0.05) is 31.7 Å². The van der Waals surface area contributed by atoms with Crippen LogP contribution in [-0.4, -0.2) is 61.4 Å². The summed E-state index contributed by atoms with van der Waals surface area (Å²) in [6, 6.07) is 2.93. The minimum atomic E-state index is -1.07. The first-order valence-corrected chi connectivity index (χ1v) is 6.77. The molecular weight excluding hydrogens is 282 g/mol. The van der Waals surface area contributed by atoms with Crippen molar-refractivity contribution in [1.82, 2.24) is 10.2 Å². The van der Waals surface area contributed by atoms with Crippen LogP contribution in [0.25, 0.3) is 0 Å². The molecule has 0 bridgehead atoms. The van der Waals surface area contributed by atoms with Crippen molar-refractivity contribution in [2.45, 2.75) is 6.10 Å².